The first-order valence-electron chi connectivity index (χ1n) is 9.72. The quantitative estimate of drug-likeness (QED) is 0.254. The molecule has 4 N–H and O–H groups in total. The Labute approximate surface area is 198 Å². The number of benzene rings is 3. The minimum atomic E-state index is -3.86. The first-order valence-corrected chi connectivity index (χ1v) is 12.1. The molecule has 4 aromatic rings. The number of sulfonamides is 1. The zero-order valence-electron chi connectivity index (χ0n) is 17.3. The summed E-state index contributed by atoms with van der Waals surface area (Å²) in [5.74, 6) is -0.477. The molecule has 0 atom stereocenters. The Balaban J connectivity index is 1.67. The summed E-state index contributed by atoms with van der Waals surface area (Å²) in [6, 6.07) is 20.4. The van der Waals surface area contributed by atoms with E-state index in [4.69, 9.17) is 5.14 Å². The highest BCUT2D eigenvalue weighted by Gasteiger charge is 2.21. The molecule has 0 saturated heterocycles. The molecule has 1 aromatic heterocycles. The maximum absolute atomic E-state index is 13.1. The van der Waals surface area contributed by atoms with Crippen LogP contribution in [0.4, 0.5) is 22.2 Å². The fraction of sp³-hybridized carbons (Fsp3) is 0. The van der Waals surface area contributed by atoms with Gasteiger partial charge in [-0.3, -0.25) is 14.9 Å². The number of primary sulfonamides is 1. The van der Waals surface area contributed by atoms with Gasteiger partial charge >= 0.3 is 0 Å². The number of hydrogen-bond acceptors (Lipinski definition) is 8. The number of nitro groups is 1. The molecule has 3 aromatic carbocycles. The maximum Gasteiger partial charge on any atom is 0.269 e. The van der Waals surface area contributed by atoms with Gasteiger partial charge in [-0.25, -0.2) is 18.5 Å². The minimum absolute atomic E-state index is 0.0794. The third-order valence-corrected chi connectivity index (χ3v) is 6.55. The summed E-state index contributed by atoms with van der Waals surface area (Å²) in [5, 5.41) is 22.4. The monoisotopic (exact) mass is 495 g/mol. The Hall–Kier alpha value is -4.13. The van der Waals surface area contributed by atoms with Crippen molar-refractivity contribution in [1.82, 2.24) is 4.98 Å². The van der Waals surface area contributed by atoms with E-state index in [0.717, 1.165) is 17.0 Å². The SMILES string of the molecule is NS(=O)(=O)c1ccc(NC(=O)c2sc(Nc3ccccc3)nc2-c2ccc([N+](=O)[O-])cc2)cc1. The number of hydrogen-bond donors (Lipinski definition) is 3. The second-order valence-corrected chi connectivity index (χ2v) is 9.58. The Morgan fingerprint density at radius 2 is 1.59 bits per heavy atom. The first-order chi connectivity index (χ1) is 16.2. The molecular formula is C22H17N5O5S2. The summed E-state index contributed by atoms with van der Waals surface area (Å²) in [5.41, 5.74) is 1.92. The highest BCUT2D eigenvalue weighted by atomic mass is 32.2. The molecule has 0 aliphatic carbocycles. The van der Waals surface area contributed by atoms with Crippen LogP contribution >= 0.6 is 11.3 Å². The standard InChI is InChI=1S/C22H17N5O5S2/c23-34(31,32)18-12-8-16(9-13-18)24-21(28)20-19(14-6-10-17(11-7-14)27(29)30)26-22(33-20)25-15-4-2-1-3-5-15/h1-13H,(H,24,28)(H,25,26)(H2,23,31,32). The minimum Gasteiger partial charge on any atom is -0.332 e. The van der Waals surface area contributed by atoms with Gasteiger partial charge in [0.15, 0.2) is 5.13 Å². The van der Waals surface area contributed by atoms with E-state index in [-0.39, 0.29) is 15.5 Å². The van der Waals surface area contributed by atoms with Crippen molar-refractivity contribution in [2.75, 3.05) is 10.6 Å². The second kappa shape index (κ2) is 9.39. The molecule has 0 radical (unpaired) electrons. The number of nitrogens with two attached hydrogens (primary N) is 1. The van der Waals surface area contributed by atoms with Crippen molar-refractivity contribution in [2.24, 2.45) is 5.14 Å². The van der Waals surface area contributed by atoms with Crippen molar-refractivity contribution in [3.8, 4) is 11.3 Å². The molecular weight excluding hydrogens is 478 g/mol. The summed E-state index contributed by atoms with van der Waals surface area (Å²) < 4.78 is 22.9. The largest absolute Gasteiger partial charge is 0.332 e. The highest BCUT2D eigenvalue weighted by Crippen LogP contribution is 2.34. The number of amides is 1. The van der Waals surface area contributed by atoms with Gasteiger partial charge in [-0.2, -0.15) is 0 Å². The number of thiazole rings is 1. The average Bonchev–Trinajstić information content (AvgIpc) is 3.23. The van der Waals surface area contributed by atoms with E-state index in [1.165, 1.54) is 48.5 Å². The van der Waals surface area contributed by atoms with Crippen molar-refractivity contribution >= 4 is 49.5 Å². The Bertz CT molecular complexity index is 1450. The molecule has 4 rings (SSSR count). The number of nitrogens with one attached hydrogen (secondary N) is 2. The van der Waals surface area contributed by atoms with Crippen LogP contribution in [-0.2, 0) is 10.0 Å². The van der Waals surface area contributed by atoms with E-state index in [2.05, 4.69) is 15.6 Å². The van der Waals surface area contributed by atoms with Crippen LogP contribution in [0.2, 0.25) is 0 Å². The summed E-state index contributed by atoms with van der Waals surface area (Å²) in [6.45, 7) is 0. The third kappa shape index (κ3) is 5.26. The van der Waals surface area contributed by atoms with Gasteiger partial charge in [0, 0.05) is 29.1 Å². The second-order valence-electron chi connectivity index (χ2n) is 7.02. The lowest BCUT2D eigenvalue weighted by atomic mass is 10.1. The molecule has 0 spiro atoms. The lowest BCUT2D eigenvalue weighted by Gasteiger charge is -2.06. The smallest absolute Gasteiger partial charge is 0.269 e. The molecule has 0 aliphatic rings. The molecule has 10 nitrogen and oxygen atoms in total. The van der Waals surface area contributed by atoms with E-state index >= 15 is 0 Å². The van der Waals surface area contributed by atoms with Gasteiger partial charge in [0.05, 0.1) is 15.5 Å². The van der Waals surface area contributed by atoms with E-state index in [1.807, 2.05) is 30.3 Å². The van der Waals surface area contributed by atoms with Gasteiger partial charge in [-0.05, 0) is 48.5 Å². The van der Waals surface area contributed by atoms with E-state index in [0.29, 0.717) is 22.1 Å². The number of rotatable bonds is 7. The summed E-state index contributed by atoms with van der Waals surface area (Å²) >= 11 is 1.11. The van der Waals surface area contributed by atoms with Gasteiger partial charge < -0.3 is 10.6 Å². The Kier molecular flexibility index (Phi) is 6.36. The number of anilines is 3. The summed E-state index contributed by atoms with van der Waals surface area (Å²) in [7, 11) is -3.86. The van der Waals surface area contributed by atoms with E-state index < -0.39 is 20.9 Å². The van der Waals surface area contributed by atoms with E-state index in [9.17, 15) is 23.3 Å². The van der Waals surface area contributed by atoms with E-state index in [1.54, 1.807) is 0 Å². The van der Waals surface area contributed by atoms with Crippen molar-refractivity contribution in [2.45, 2.75) is 4.90 Å². The van der Waals surface area contributed by atoms with Crippen LogP contribution < -0.4 is 15.8 Å². The van der Waals surface area contributed by atoms with Crippen LogP contribution in [0, 0.1) is 10.1 Å². The highest BCUT2D eigenvalue weighted by molar-refractivity contribution is 7.89. The molecule has 0 unspecified atom stereocenters. The zero-order valence-corrected chi connectivity index (χ0v) is 19.0. The van der Waals surface area contributed by atoms with Gasteiger partial charge in [0.1, 0.15) is 4.88 Å². The Morgan fingerprint density at radius 1 is 0.941 bits per heavy atom. The molecule has 0 bridgehead atoms. The van der Waals surface area contributed by atoms with Crippen LogP contribution in [0.1, 0.15) is 9.67 Å². The van der Waals surface area contributed by atoms with Gasteiger partial charge in [-0.1, -0.05) is 29.5 Å². The lowest BCUT2D eigenvalue weighted by molar-refractivity contribution is -0.384. The van der Waals surface area contributed by atoms with Crippen molar-refractivity contribution < 1.29 is 18.1 Å². The third-order valence-electron chi connectivity index (χ3n) is 4.65. The first kappa shape index (κ1) is 23.0. The van der Waals surface area contributed by atoms with Crippen molar-refractivity contribution in [3.05, 3.63) is 93.9 Å². The van der Waals surface area contributed by atoms with Crippen LogP contribution in [0.25, 0.3) is 11.3 Å². The number of aromatic nitrogens is 1. The van der Waals surface area contributed by atoms with Crippen LogP contribution in [0.3, 0.4) is 0 Å². The predicted molar refractivity (Wildman–Crippen MR) is 130 cm³/mol. The molecule has 12 heteroatoms. The maximum atomic E-state index is 13.1. The normalized spacial score (nSPS) is 11.1. The molecule has 1 amide bonds. The van der Waals surface area contributed by atoms with Crippen LogP contribution in [-0.4, -0.2) is 24.2 Å². The lowest BCUT2D eigenvalue weighted by Crippen LogP contribution is -2.13. The topological polar surface area (TPSA) is 157 Å². The van der Waals surface area contributed by atoms with Crippen LogP contribution in [0.15, 0.2) is 83.8 Å². The van der Waals surface area contributed by atoms with Crippen LogP contribution in [0.5, 0.6) is 0 Å². The molecule has 0 fully saturated rings. The summed E-state index contributed by atoms with van der Waals surface area (Å²) in [4.78, 5) is 28.3. The fourth-order valence-corrected chi connectivity index (χ4v) is 4.44. The van der Waals surface area contributed by atoms with Crippen molar-refractivity contribution in [3.63, 3.8) is 0 Å². The number of carbonyl (C=O) groups is 1. The Morgan fingerprint density at radius 3 is 2.18 bits per heavy atom. The number of carbonyl (C=O) groups excluding carboxylic acids is 1. The molecule has 0 saturated carbocycles. The van der Waals surface area contributed by atoms with Gasteiger partial charge in [0.25, 0.3) is 11.6 Å². The molecule has 34 heavy (non-hydrogen) atoms. The zero-order chi connectivity index (χ0) is 24.3. The number of nitro benzene ring substituents is 1. The number of non-ortho nitro benzene ring substituents is 1. The fourth-order valence-electron chi connectivity index (χ4n) is 3.02. The van der Waals surface area contributed by atoms with Gasteiger partial charge in [-0.15, -0.1) is 0 Å². The summed E-state index contributed by atoms with van der Waals surface area (Å²) in [6.07, 6.45) is 0. The average molecular weight is 496 g/mol. The van der Waals surface area contributed by atoms with Gasteiger partial charge in [0.2, 0.25) is 10.0 Å². The predicted octanol–water partition coefficient (Wildman–Crippen LogP) is 4.36. The molecule has 0 aliphatic heterocycles. The van der Waals surface area contributed by atoms with Crippen molar-refractivity contribution in [1.29, 1.82) is 0 Å². The number of nitrogens with zero attached hydrogens (tertiary/aromatic N) is 2. The number of para-hydroxylation sites is 1. The molecule has 1 heterocycles. The molecule has 172 valence electrons.